The SMILES string of the molecule is CNCCOC(c1ccccc1)(c1ccccc1)c1ccc(OC)cc1. The Labute approximate surface area is 155 Å². The van der Waals surface area contributed by atoms with E-state index in [0.717, 1.165) is 29.0 Å². The Kier molecular flexibility index (Phi) is 6.05. The lowest BCUT2D eigenvalue weighted by Gasteiger charge is -2.36. The summed E-state index contributed by atoms with van der Waals surface area (Å²) in [5.74, 6) is 0.832. The van der Waals surface area contributed by atoms with Gasteiger partial charge in [0.2, 0.25) is 0 Å². The number of hydrogen-bond acceptors (Lipinski definition) is 3. The lowest BCUT2D eigenvalue weighted by Crippen LogP contribution is -2.35. The summed E-state index contributed by atoms with van der Waals surface area (Å²) < 4.78 is 11.9. The van der Waals surface area contributed by atoms with Crippen LogP contribution in [0.3, 0.4) is 0 Å². The molecule has 0 aliphatic rings. The van der Waals surface area contributed by atoms with Crippen LogP contribution in [0, 0.1) is 0 Å². The number of rotatable bonds is 8. The highest BCUT2D eigenvalue weighted by molar-refractivity contribution is 5.48. The van der Waals surface area contributed by atoms with Crippen molar-refractivity contribution in [1.29, 1.82) is 0 Å². The molecule has 0 aromatic heterocycles. The van der Waals surface area contributed by atoms with Crippen molar-refractivity contribution in [3.63, 3.8) is 0 Å². The monoisotopic (exact) mass is 347 g/mol. The molecule has 3 nitrogen and oxygen atoms in total. The Hall–Kier alpha value is -2.62. The van der Waals surface area contributed by atoms with Gasteiger partial charge in [-0.2, -0.15) is 0 Å². The van der Waals surface area contributed by atoms with Crippen LogP contribution in [0.5, 0.6) is 5.75 Å². The Balaban J connectivity index is 2.19. The smallest absolute Gasteiger partial charge is 0.143 e. The minimum Gasteiger partial charge on any atom is -0.497 e. The van der Waals surface area contributed by atoms with Crippen LogP contribution in [0.25, 0.3) is 0 Å². The van der Waals surface area contributed by atoms with Crippen LogP contribution in [0.1, 0.15) is 16.7 Å². The van der Waals surface area contributed by atoms with E-state index < -0.39 is 5.60 Å². The summed E-state index contributed by atoms with van der Waals surface area (Å²) in [7, 11) is 3.61. The summed E-state index contributed by atoms with van der Waals surface area (Å²) >= 11 is 0. The Morgan fingerprint density at radius 3 is 1.69 bits per heavy atom. The number of ether oxygens (including phenoxy) is 2. The third-order valence-electron chi connectivity index (χ3n) is 4.53. The van der Waals surface area contributed by atoms with E-state index in [1.54, 1.807) is 7.11 Å². The fourth-order valence-electron chi connectivity index (χ4n) is 3.23. The summed E-state index contributed by atoms with van der Waals surface area (Å²) in [6, 6.07) is 28.9. The van der Waals surface area contributed by atoms with Crippen molar-refractivity contribution in [3.8, 4) is 5.75 Å². The van der Waals surface area contributed by atoms with Gasteiger partial charge in [0, 0.05) is 6.54 Å². The van der Waals surface area contributed by atoms with Gasteiger partial charge in [0.25, 0.3) is 0 Å². The lowest BCUT2D eigenvalue weighted by atomic mass is 9.80. The fraction of sp³-hybridized carbons (Fsp3) is 0.217. The first-order chi connectivity index (χ1) is 12.8. The van der Waals surface area contributed by atoms with Crippen molar-refractivity contribution in [3.05, 3.63) is 102 Å². The molecule has 0 fully saturated rings. The van der Waals surface area contributed by atoms with Crippen molar-refractivity contribution < 1.29 is 9.47 Å². The molecule has 3 aromatic rings. The largest absolute Gasteiger partial charge is 0.497 e. The standard InChI is InChI=1S/C23H25NO2/c1-24-17-18-26-23(19-9-5-3-6-10-19,20-11-7-4-8-12-20)21-13-15-22(25-2)16-14-21/h3-16,24H,17-18H2,1-2H3. The van der Waals surface area contributed by atoms with Crippen LogP contribution in [-0.4, -0.2) is 27.3 Å². The zero-order valence-electron chi connectivity index (χ0n) is 15.3. The van der Waals surface area contributed by atoms with Crippen LogP contribution in [0.2, 0.25) is 0 Å². The summed E-state index contributed by atoms with van der Waals surface area (Å²) in [4.78, 5) is 0. The van der Waals surface area contributed by atoms with Gasteiger partial charge >= 0.3 is 0 Å². The van der Waals surface area contributed by atoms with E-state index in [0.29, 0.717) is 6.61 Å². The highest BCUT2D eigenvalue weighted by Crippen LogP contribution is 2.40. The molecule has 0 amide bonds. The number of nitrogens with one attached hydrogen (secondary N) is 1. The van der Waals surface area contributed by atoms with Gasteiger partial charge in [-0.15, -0.1) is 0 Å². The summed E-state index contributed by atoms with van der Waals surface area (Å²) in [6.45, 7) is 1.36. The van der Waals surface area contributed by atoms with Gasteiger partial charge in [-0.05, 0) is 35.9 Å². The quantitative estimate of drug-likeness (QED) is 0.489. The third-order valence-corrected chi connectivity index (χ3v) is 4.53. The molecule has 0 saturated heterocycles. The van der Waals surface area contributed by atoms with Gasteiger partial charge in [-0.25, -0.2) is 0 Å². The first-order valence-electron chi connectivity index (χ1n) is 8.85. The summed E-state index contributed by atoms with van der Waals surface area (Å²) in [5, 5.41) is 3.17. The molecule has 0 radical (unpaired) electrons. The van der Waals surface area contributed by atoms with E-state index in [1.807, 2.05) is 31.3 Å². The van der Waals surface area contributed by atoms with Crippen molar-refractivity contribution in [2.24, 2.45) is 0 Å². The average Bonchev–Trinajstić information content (AvgIpc) is 2.73. The number of likely N-dealkylation sites (N-methyl/N-ethyl adjacent to an activating group) is 1. The molecule has 0 atom stereocenters. The van der Waals surface area contributed by atoms with E-state index >= 15 is 0 Å². The second kappa shape index (κ2) is 8.65. The first kappa shape index (κ1) is 18.2. The van der Waals surface area contributed by atoms with E-state index in [-0.39, 0.29) is 0 Å². The molecule has 3 heteroatoms. The molecule has 0 unspecified atom stereocenters. The van der Waals surface area contributed by atoms with Crippen LogP contribution < -0.4 is 10.1 Å². The first-order valence-corrected chi connectivity index (χ1v) is 8.85. The zero-order chi connectivity index (χ0) is 18.2. The maximum atomic E-state index is 6.60. The van der Waals surface area contributed by atoms with Gasteiger partial charge < -0.3 is 14.8 Å². The molecule has 0 heterocycles. The topological polar surface area (TPSA) is 30.5 Å². The van der Waals surface area contributed by atoms with Crippen molar-refractivity contribution in [2.75, 3.05) is 27.3 Å². The maximum Gasteiger partial charge on any atom is 0.143 e. The van der Waals surface area contributed by atoms with E-state index in [1.165, 1.54) is 0 Å². The molecule has 0 bridgehead atoms. The molecule has 1 N–H and O–H groups in total. The van der Waals surface area contributed by atoms with Gasteiger partial charge in [0.15, 0.2) is 0 Å². The van der Waals surface area contributed by atoms with Gasteiger partial charge in [-0.3, -0.25) is 0 Å². The normalized spacial score (nSPS) is 11.3. The minimum atomic E-state index is -0.675. The summed E-state index contributed by atoms with van der Waals surface area (Å²) in [6.07, 6.45) is 0. The minimum absolute atomic E-state index is 0.590. The second-order valence-corrected chi connectivity index (χ2v) is 6.09. The van der Waals surface area contributed by atoms with Crippen LogP contribution in [0.4, 0.5) is 0 Å². The maximum absolute atomic E-state index is 6.60. The number of methoxy groups -OCH3 is 1. The highest BCUT2D eigenvalue weighted by Gasteiger charge is 2.37. The van der Waals surface area contributed by atoms with E-state index in [9.17, 15) is 0 Å². The van der Waals surface area contributed by atoms with Gasteiger partial charge in [0.1, 0.15) is 11.4 Å². The Morgan fingerprint density at radius 2 is 1.23 bits per heavy atom. The predicted molar refractivity (Wildman–Crippen MR) is 106 cm³/mol. The zero-order valence-corrected chi connectivity index (χ0v) is 15.3. The molecule has 26 heavy (non-hydrogen) atoms. The van der Waals surface area contributed by atoms with Crippen LogP contribution in [-0.2, 0) is 10.3 Å². The molecule has 0 spiro atoms. The van der Waals surface area contributed by atoms with E-state index in [4.69, 9.17) is 9.47 Å². The molecule has 0 saturated carbocycles. The molecule has 3 rings (SSSR count). The molecule has 0 aliphatic carbocycles. The third kappa shape index (κ3) is 3.64. The predicted octanol–water partition coefficient (Wildman–Crippen LogP) is 4.22. The molecule has 134 valence electrons. The molecule has 0 aliphatic heterocycles. The van der Waals surface area contributed by atoms with Crippen LogP contribution >= 0.6 is 0 Å². The van der Waals surface area contributed by atoms with Crippen LogP contribution in [0.15, 0.2) is 84.9 Å². The lowest BCUT2D eigenvalue weighted by molar-refractivity contribution is 0.0155. The molecule has 3 aromatic carbocycles. The summed E-state index contributed by atoms with van der Waals surface area (Å²) in [5.41, 5.74) is 2.61. The van der Waals surface area contributed by atoms with Gasteiger partial charge in [-0.1, -0.05) is 72.8 Å². The van der Waals surface area contributed by atoms with Gasteiger partial charge in [0.05, 0.1) is 13.7 Å². The highest BCUT2D eigenvalue weighted by atomic mass is 16.5. The second-order valence-electron chi connectivity index (χ2n) is 6.09. The number of hydrogen-bond donors (Lipinski definition) is 1. The van der Waals surface area contributed by atoms with Crippen molar-refractivity contribution in [1.82, 2.24) is 5.32 Å². The Bertz CT molecular complexity index is 746. The fourth-order valence-corrected chi connectivity index (χ4v) is 3.23. The Morgan fingerprint density at radius 1 is 0.731 bits per heavy atom. The number of benzene rings is 3. The molecular weight excluding hydrogens is 322 g/mol. The van der Waals surface area contributed by atoms with E-state index in [2.05, 4.69) is 66.0 Å². The molecular formula is C23H25NO2. The van der Waals surface area contributed by atoms with Crippen molar-refractivity contribution >= 4 is 0 Å². The van der Waals surface area contributed by atoms with Crippen molar-refractivity contribution in [2.45, 2.75) is 5.60 Å². The average molecular weight is 347 g/mol.